The molecule has 2 aliphatic rings. The fourth-order valence-corrected chi connectivity index (χ4v) is 3.50. The summed E-state index contributed by atoms with van der Waals surface area (Å²) >= 11 is 0. The minimum Gasteiger partial charge on any atom is -0.484 e. The first kappa shape index (κ1) is 17.2. The predicted molar refractivity (Wildman–Crippen MR) is 93.1 cm³/mol. The lowest BCUT2D eigenvalue weighted by Gasteiger charge is -2.30. The lowest BCUT2D eigenvalue weighted by Crippen LogP contribution is -2.39. The maximum atomic E-state index is 12.4. The topological polar surface area (TPSA) is 42.0 Å². The first-order valence-electron chi connectivity index (χ1n) is 9.07. The van der Waals surface area contributed by atoms with Crippen LogP contribution in [0.2, 0.25) is 0 Å². The van der Waals surface area contributed by atoms with Crippen LogP contribution in [0.25, 0.3) is 0 Å². The van der Waals surface area contributed by atoms with Gasteiger partial charge in [0.15, 0.2) is 6.61 Å². The van der Waals surface area contributed by atoms with Gasteiger partial charge in [-0.25, -0.2) is 0 Å². The van der Waals surface area contributed by atoms with Crippen LogP contribution >= 0.6 is 0 Å². The van der Waals surface area contributed by atoms with Gasteiger partial charge >= 0.3 is 0 Å². The lowest BCUT2D eigenvalue weighted by atomic mass is 10.00. The Kier molecular flexibility index (Phi) is 6.49. The Morgan fingerprint density at radius 1 is 1.08 bits per heavy atom. The van der Waals surface area contributed by atoms with Gasteiger partial charge < -0.3 is 14.4 Å². The van der Waals surface area contributed by atoms with E-state index in [9.17, 15) is 4.79 Å². The standard InChI is InChI=1S/C19H28N2O3/c22-19(16-24-18-6-2-1-3-7-18)21-9-4-5-17(8-10-21)15-20-11-13-23-14-12-20/h1-3,6-7,17H,4-5,8-16H2. The van der Waals surface area contributed by atoms with Crippen molar-refractivity contribution in [2.24, 2.45) is 5.92 Å². The van der Waals surface area contributed by atoms with Crippen LogP contribution in [0.3, 0.4) is 0 Å². The van der Waals surface area contributed by atoms with E-state index in [-0.39, 0.29) is 12.5 Å². The molecular formula is C19H28N2O3. The molecule has 5 nitrogen and oxygen atoms in total. The third kappa shape index (κ3) is 5.21. The molecule has 2 saturated heterocycles. The number of carbonyl (C=O) groups excluding carboxylic acids is 1. The first-order valence-corrected chi connectivity index (χ1v) is 9.07. The van der Waals surface area contributed by atoms with E-state index in [1.165, 1.54) is 6.42 Å². The monoisotopic (exact) mass is 332 g/mol. The molecule has 2 heterocycles. The molecule has 1 aromatic rings. The predicted octanol–water partition coefficient (Wildman–Crippen LogP) is 2.03. The van der Waals surface area contributed by atoms with Crippen LogP contribution < -0.4 is 4.74 Å². The number of hydrogen-bond donors (Lipinski definition) is 0. The molecule has 0 bridgehead atoms. The second-order valence-electron chi connectivity index (χ2n) is 6.69. The van der Waals surface area contributed by atoms with E-state index in [1.54, 1.807) is 0 Å². The van der Waals surface area contributed by atoms with Gasteiger partial charge in [-0.2, -0.15) is 0 Å². The first-order chi connectivity index (χ1) is 11.8. The molecule has 1 aromatic carbocycles. The zero-order chi connectivity index (χ0) is 16.6. The molecule has 1 atom stereocenters. The highest BCUT2D eigenvalue weighted by molar-refractivity contribution is 5.77. The summed E-state index contributed by atoms with van der Waals surface area (Å²) < 4.78 is 11.0. The summed E-state index contributed by atoms with van der Waals surface area (Å²) in [7, 11) is 0. The van der Waals surface area contributed by atoms with Crippen molar-refractivity contribution in [3.8, 4) is 5.75 Å². The fourth-order valence-electron chi connectivity index (χ4n) is 3.50. The summed E-state index contributed by atoms with van der Waals surface area (Å²) in [6.07, 6.45) is 3.39. The van der Waals surface area contributed by atoms with Crippen molar-refractivity contribution < 1.29 is 14.3 Å². The SMILES string of the molecule is O=C(COc1ccccc1)N1CCCC(CN2CCOCC2)CC1. The number of ether oxygens (including phenoxy) is 2. The Bertz CT molecular complexity index is 503. The highest BCUT2D eigenvalue weighted by atomic mass is 16.5. The van der Waals surface area contributed by atoms with Crippen molar-refractivity contribution in [1.82, 2.24) is 9.80 Å². The average Bonchev–Trinajstić information content (AvgIpc) is 2.87. The lowest BCUT2D eigenvalue weighted by molar-refractivity contribution is -0.133. The van der Waals surface area contributed by atoms with Crippen molar-refractivity contribution in [2.75, 3.05) is 52.5 Å². The van der Waals surface area contributed by atoms with Crippen LogP contribution in [0, 0.1) is 5.92 Å². The Morgan fingerprint density at radius 3 is 2.67 bits per heavy atom. The number of carbonyl (C=O) groups is 1. The molecule has 0 aromatic heterocycles. The van der Waals surface area contributed by atoms with Gasteiger partial charge in [0.25, 0.3) is 5.91 Å². The number of hydrogen-bond acceptors (Lipinski definition) is 4. The van der Waals surface area contributed by atoms with Crippen LogP contribution in [0.5, 0.6) is 5.75 Å². The Hall–Kier alpha value is -1.59. The molecule has 0 radical (unpaired) electrons. The van der Waals surface area contributed by atoms with E-state index in [0.29, 0.717) is 5.92 Å². The Labute approximate surface area is 144 Å². The van der Waals surface area contributed by atoms with E-state index in [2.05, 4.69) is 4.90 Å². The Balaban J connectivity index is 1.41. The number of para-hydroxylation sites is 1. The summed E-state index contributed by atoms with van der Waals surface area (Å²) in [6.45, 7) is 6.79. The van der Waals surface area contributed by atoms with Crippen LogP contribution in [-0.2, 0) is 9.53 Å². The maximum Gasteiger partial charge on any atom is 0.260 e. The minimum absolute atomic E-state index is 0.103. The number of morpholine rings is 1. The van der Waals surface area contributed by atoms with Gasteiger partial charge in [0.2, 0.25) is 0 Å². The molecule has 2 fully saturated rings. The van der Waals surface area contributed by atoms with Gasteiger partial charge in [0.1, 0.15) is 5.75 Å². The smallest absolute Gasteiger partial charge is 0.260 e. The molecule has 2 aliphatic heterocycles. The molecule has 1 unspecified atom stereocenters. The number of amides is 1. The molecule has 0 spiro atoms. The summed E-state index contributed by atoms with van der Waals surface area (Å²) in [5, 5.41) is 0. The molecule has 132 valence electrons. The number of rotatable bonds is 5. The van der Waals surface area contributed by atoms with E-state index in [1.807, 2.05) is 35.2 Å². The number of nitrogens with zero attached hydrogens (tertiary/aromatic N) is 2. The average molecular weight is 332 g/mol. The van der Waals surface area contributed by atoms with E-state index in [4.69, 9.17) is 9.47 Å². The summed E-state index contributed by atoms with van der Waals surface area (Å²) in [6, 6.07) is 9.55. The van der Waals surface area contributed by atoms with Gasteiger partial charge in [0.05, 0.1) is 13.2 Å². The van der Waals surface area contributed by atoms with Gasteiger partial charge in [-0.1, -0.05) is 18.2 Å². The molecule has 1 amide bonds. The second-order valence-corrected chi connectivity index (χ2v) is 6.69. The molecule has 0 aliphatic carbocycles. The third-order valence-corrected chi connectivity index (χ3v) is 4.93. The summed E-state index contributed by atoms with van der Waals surface area (Å²) in [5.74, 6) is 1.55. The molecule has 0 N–H and O–H groups in total. The summed E-state index contributed by atoms with van der Waals surface area (Å²) in [4.78, 5) is 16.9. The van der Waals surface area contributed by atoms with E-state index >= 15 is 0 Å². The van der Waals surface area contributed by atoms with Gasteiger partial charge in [-0.15, -0.1) is 0 Å². The van der Waals surface area contributed by atoms with Crippen LogP contribution in [0.1, 0.15) is 19.3 Å². The largest absolute Gasteiger partial charge is 0.484 e. The summed E-state index contributed by atoms with van der Waals surface area (Å²) in [5.41, 5.74) is 0. The minimum atomic E-state index is 0.103. The van der Waals surface area contributed by atoms with Gasteiger partial charge in [0, 0.05) is 32.7 Å². The third-order valence-electron chi connectivity index (χ3n) is 4.93. The zero-order valence-corrected chi connectivity index (χ0v) is 14.4. The van der Waals surface area contributed by atoms with Crippen LogP contribution in [-0.4, -0.2) is 68.3 Å². The van der Waals surface area contributed by atoms with Crippen molar-refractivity contribution in [3.63, 3.8) is 0 Å². The highest BCUT2D eigenvalue weighted by Gasteiger charge is 2.23. The fraction of sp³-hybridized carbons (Fsp3) is 0.632. The van der Waals surface area contributed by atoms with E-state index < -0.39 is 0 Å². The van der Waals surface area contributed by atoms with Crippen molar-refractivity contribution in [3.05, 3.63) is 30.3 Å². The van der Waals surface area contributed by atoms with Crippen LogP contribution in [0.15, 0.2) is 30.3 Å². The molecule has 0 saturated carbocycles. The van der Waals surface area contributed by atoms with Crippen molar-refractivity contribution in [1.29, 1.82) is 0 Å². The van der Waals surface area contributed by atoms with E-state index in [0.717, 1.165) is 64.5 Å². The van der Waals surface area contributed by atoms with Crippen LogP contribution in [0.4, 0.5) is 0 Å². The zero-order valence-electron chi connectivity index (χ0n) is 14.4. The van der Waals surface area contributed by atoms with Gasteiger partial charge in [-0.05, 0) is 37.3 Å². The Morgan fingerprint density at radius 2 is 1.88 bits per heavy atom. The quantitative estimate of drug-likeness (QED) is 0.827. The molecule has 5 heteroatoms. The van der Waals surface area contributed by atoms with Crippen molar-refractivity contribution in [2.45, 2.75) is 19.3 Å². The number of benzene rings is 1. The molecular weight excluding hydrogens is 304 g/mol. The van der Waals surface area contributed by atoms with Crippen molar-refractivity contribution >= 4 is 5.91 Å². The number of likely N-dealkylation sites (tertiary alicyclic amines) is 1. The molecule has 3 rings (SSSR count). The normalized spacial score (nSPS) is 22.8. The maximum absolute atomic E-state index is 12.4. The highest BCUT2D eigenvalue weighted by Crippen LogP contribution is 2.19. The van der Waals surface area contributed by atoms with Gasteiger partial charge in [-0.3, -0.25) is 9.69 Å². The molecule has 24 heavy (non-hydrogen) atoms. The second kappa shape index (κ2) is 9.04.